The second-order valence-corrected chi connectivity index (χ2v) is 6.83. The summed E-state index contributed by atoms with van der Waals surface area (Å²) in [4.78, 5) is 25.8. The number of piperidine rings is 1. The van der Waals surface area contributed by atoms with Crippen molar-refractivity contribution in [2.45, 2.75) is 37.3 Å². The van der Waals surface area contributed by atoms with Gasteiger partial charge >= 0.3 is 0 Å². The van der Waals surface area contributed by atoms with Crippen LogP contribution in [0, 0.1) is 0 Å². The summed E-state index contributed by atoms with van der Waals surface area (Å²) in [6.45, 7) is 2.20. The number of amides is 1. The molecular formula is C18H23N5O2. The minimum Gasteiger partial charge on any atom is -0.375 e. The molecule has 2 aliphatic heterocycles. The predicted octanol–water partition coefficient (Wildman–Crippen LogP) is 2.07. The highest BCUT2D eigenvalue weighted by Crippen LogP contribution is 2.36. The van der Waals surface area contributed by atoms with E-state index in [1.165, 1.54) is 0 Å². The maximum Gasteiger partial charge on any atom is 0.255 e. The first-order valence-electron chi connectivity index (χ1n) is 8.84. The summed E-state index contributed by atoms with van der Waals surface area (Å²) in [5, 5.41) is 3.42. The SMILES string of the molecule is O=C(c1cc[nH]c1)N1CCC2(CC1)CC(Nc1ncccn1)CCO2. The molecule has 0 saturated carbocycles. The number of nitrogens with zero attached hydrogens (tertiary/aromatic N) is 3. The minimum absolute atomic E-state index is 0.0965. The van der Waals surface area contributed by atoms with Crippen LogP contribution >= 0.6 is 0 Å². The lowest BCUT2D eigenvalue weighted by Gasteiger charge is -2.46. The Balaban J connectivity index is 1.36. The molecule has 4 heterocycles. The van der Waals surface area contributed by atoms with Gasteiger partial charge in [-0.1, -0.05) is 0 Å². The smallest absolute Gasteiger partial charge is 0.255 e. The maximum atomic E-state index is 12.5. The zero-order valence-corrected chi connectivity index (χ0v) is 14.1. The molecule has 2 aromatic rings. The van der Waals surface area contributed by atoms with Gasteiger partial charge in [0.2, 0.25) is 5.95 Å². The van der Waals surface area contributed by atoms with Crippen molar-refractivity contribution in [3.63, 3.8) is 0 Å². The number of aromatic amines is 1. The average Bonchev–Trinajstić information content (AvgIpc) is 3.18. The van der Waals surface area contributed by atoms with Gasteiger partial charge in [0.1, 0.15) is 0 Å². The summed E-state index contributed by atoms with van der Waals surface area (Å²) < 4.78 is 6.17. The zero-order chi connectivity index (χ0) is 17.1. The molecular weight excluding hydrogens is 318 g/mol. The first-order valence-corrected chi connectivity index (χ1v) is 8.84. The molecule has 2 aromatic heterocycles. The second-order valence-electron chi connectivity index (χ2n) is 6.83. The van der Waals surface area contributed by atoms with E-state index in [-0.39, 0.29) is 11.5 Å². The first-order chi connectivity index (χ1) is 12.2. The molecule has 0 radical (unpaired) electrons. The molecule has 0 bridgehead atoms. The van der Waals surface area contributed by atoms with Crippen LogP contribution in [0.4, 0.5) is 5.95 Å². The van der Waals surface area contributed by atoms with Crippen molar-refractivity contribution in [3.8, 4) is 0 Å². The van der Waals surface area contributed by atoms with Gasteiger partial charge in [0.05, 0.1) is 11.2 Å². The molecule has 7 heteroatoms. The number of anilines is 1. The topological polar surface area (TPSA) is 83.1 Å². The molecule has 2 saturated heterocycles. The largest absolute Gasteiger partial charge is 0.375 e. The van der Waals surface area contributed by atoms with Crippen LogP contribution in [0.5, 0.6) is 0 Å². The highest BCUT2D eigenvalue weighted by molar-refractivity contribution is 5.94. The number of carbonyl (C=O) groups is 1. The summed E-state index contributed by atoms with van der Waals surface area (Å²) >= 11 is 0. The van der Waals surface area contributed by atoms with Gasteiger partial charge < -0.3 is 19.9 Å². The quantitative estimate of drug-likeness (QED) is 0.893. The Morgan fingerprint density at radius 2 is 2.12 bits per heavy atom. The molecule has 25 heavy (non-hydrogen) atoms. The monoisotopic (exact) mass is 341 g/mol. The summed E-state index contributed by atoms with van der Waals surface area (Å²) in [6.07, 6.45) is 10.6. The summed E-state index contributed by atoms with van der Waals surface area (Å²) in [5.41, 5.74) is 0.584. The highest BCUT2D eigenvalue weighted by atomic mass is 16.5. The van der Waals surface area contributed by atoms with Gasteiger partial charge in [-0.2, -0.15) is 0 Å². The van der Waals surface area contributed by atoms with Crippen LogP contribution in [0.15, 0.2) is 36.9 Å². The van der Waals surface area contributed by atoms with Crippen LogP contribution < -0.4 is 5.32 Å². The molecule has 0 aliphatic carbocycles. The minimum atomic E-state index is -0.139. The van der Waals surface area contributed by atoms with E-state index < -0.39 is 0 Å². The lowest BCUT2D eigenvalue weighted by molar-refractivity contribution is -0.110. The fourth-order valence-corrected chi connectivity index (χ4v) is 3.81. The third kappa shape index (κ3) is 3.51. The predicted molar refractivity (Wildman–Crippen MR) is 93.3 cm³/mol. The summed E-state index contributed by atoms with van der Waals surface area (Å²) in [6, 6.07) is 3.94. The lowest BCUT2D eigenvalue weighted by atomic mass is 9.82. The van der Waals surface area contributed by atoms with Crippen molar-refractivity contribution in [2.24, 2.45) is 0 Å². The summed E-state index contributed by atoms with van der Waals surface area (Å²) in [5.74, 6) is 0.767. The molecule has 132 valence electrons. The number of nitrogens with one attached hydrogen (secondary N) is 2. The molecule has 1 spiro atoms. The van der Waals surface area contributed by atoms with E-state index in [1.807, 2.05) is 17.0 Å². The first kappa shape index (κ1) is 16.1. The van der Waals surface area contributed by atoms with Crippen molar-refractivity contribution in [1.82, 2.24) is 19.9 Å². The summed E-state index contributed by atoms with van der Waals surface area (Å²) in [7, 11) is 0. The maximum absolute atomic E-state index is 12.5. The average molecular weight is 341 g/mol. The van der Waals surface area contributed by atoms with Crippen LogP contribution in [-0.4, -0.2) is 57.1 Å². The van der Waals surface area contributed by atoms with E-state index in [0.29, 0.717) is 12.0 Å². The standard InChI is InChI=1S/C18H23N5O2/c24-16(14-2-8-19-13-14)23-9-4-18(5-10-23)12-15(3-11-25-18)22-17-20-6-1-7-21-17/h1-2,6-8,13,15,19H,3-5,9-12H2,(H,20,21,22). The zero-order valence-electron chi connectivity index (χ0n) is 14.1. The van der Waals surface area contributed by atoms with Gasteiger partial charge in [0.25, 0.3) is 5.91 Å². The number of carbonyl (C=O) groups excluding carboxylic acids is 1. The molecule has 1 amide bonds. The number of aromatic nitrogens is 3. The fraction of sp³-hybridized carbons (Fsp3) is 0.500. The van der Waals surface area contributed by atoms with Gasteiger partial charge in [-0.15, -0.1) is 0 Å². The number of likely N-dealkylation sites (tertiary alicyclic amines) is 1. The Bertz CT molecular complexity index is 696. The number of hydrogen-bond acceptors (Lipinski definition) is 5. The molecule has 7 nitrogen and oxygen atoms in total. The Hall–Kier alpha value is -2.41. The molecule has 1 unspecified atom stereocenters. The van der Waals surface area contributed by atoms with Crippen molar-refractivity contribution < 1.29 is 9.53 Å². The van der Waals surface area contributed by atoms with Gasteiger partial charge in [-0.25, -0.2) is 9.97 Å². The van der Waals surface area contributed by atoms with Crippen molar-refractivity contribution in [3.05, 3.63) is 42.5 Å². The fourth-order valence-electron chi connectivity index (χ4n) is 3.81. The van der Waals surface area contributed by atoms with Gasteiger partial charge in [0, 0.05) is 50.5 Å². The normalized spacial score (nSPS) is 22.7. The molecule has 2 N–H and O–H groups in total. The Kier molecular flexibility index (Phi) is 4.40. The Morgan fingerprint density at radius 3 is 2.84 bits per heavy atom. The lowest BCUT2D eigenvalue weighted by Crippen LogP contribution is -2.52. The van der Waals surface area contributed by atoms with E-state index in [1.54, 1.807) is 24.8 Å². The molecule has 4 rings (SSSR count). The number of ether oxygens (including phenoxy) is 1. The molecule has 1 atom stereocenters. The van der Waals surface area contributed by atoms with Gasteiger partial charge in [-0.05, 0) is 37.8 Å². The van der Waals surface area contributed by atoms with Crippen LogP contribution in [0.3, 0.4) is 0 Å². The van der Waals surface area contributed by atoms with Crippen LogP contribution in [0.2, 0.25) is 0 Å². The van der Waals surface area contributed by atoms with Crippen molar-refractivity contribution in [1.29, 1.82) is 0 Å². The number of rotatable bonds is 3. The molecule has 2 aliphatic rings. The van der Waals surface area contributed by atoms with Crippen LogP contribution in [-0.2, 0) is 4.74 Å². The van der Waals surface area contributed by atoms with Crippen LogP contribution in [0.25, 0.3) is 0 Å². The second kappa shape index (κ2) is 6.84. The van der Waals surface area contributed by atoms with Gasteiger partial charge in [0.15, 0.2) is 0 Å². The van der Waals surface area contributed by atoms with Gasteiger partial charge in [-0.3, -0.25) is 4.79 Å². The Morgan fingerprint density at radius 1 is 1.32 bits per heavy atom. The third-order valence-electron chi connectivity index (χ3n) is 5.20. The number of hydrogen-bond donors (Lipinski definition) is 2. The number of H-pyrrole nitrogens is 1. The van der Waals surface area contributed by atoms with Crippen LogP contribution in [0.1, 0.15) is 36.0 Å². The molecule has 2 fully saturated rings. The van der Waals surface area contributed by atoms with Crippen molar-refractivity contribution in [2.75, 3.05) is 25.0 Å². The van der Waals surface area contributed by atoms with E-state index in [4.69, 9.17) is 4.74 Å². The third-order valence-corrected chi connectivity index (χ3v) is 5.20. The highest BCUT2D eigenvalue weighted by Gasteiger charge is 2.41. The van der Waals surface area contributed by atoms with E-state index >= 15 is 0 Å². The van der Waals surface area contributed by atoms with Crippen molar-refractivity contribution >= 4 is 11.9 Å². The van der Waals surface area contributed by atoms with E-state index in [2.05, 4.69) is 20.3 Å². The Labute approximate surface area is 146 Å². The van der Waals surface area contributed by atoms with E-state index in [0.717, 1.165) is 50.9 Å². The molecule has 0 aromatic carbocycles. The van der Waals surface area contributed by atoms with E-state index in [9.17, 15) is 4.79 Å².